The molecule has 1 heterocycles. The van der Waals surface area contributed by atoms with E-state index in [-0.39, 0.29) is 11.6 Å². The summed E-state index contributed by atoms with van der Waals surface area (Å²) in [7, 11) is 0. The Morgan fingerprint density at radius 3 is 2.70 bits per heavy atom. The summed E-state index contributed by atoms with van der Waals surface area (Å²) in [6.07, 6.45) is 1.13. The standard InChI is InChI=1S/C17H18FNO/c18-16-8-13(9-17(20)10-16)11-19-7-6-15(12-19)14-4-2-1-3-5-14/h1-5,8-10,15,20H,6-7,11-12H2. The van der Waals surface area contributed by atoms with Gasteiger partial charge in [0.1, 0.15) is 11.6 Å². The highest BCUT2D eigenvalue weighted by Gasteiger charge is 2.23. The van der Waals surface area contributed by atoms with Crippen LogP contribution in [0, 0.1) is 5.82 Å². The van der Waals surface area contributed by atoms with Gasteiger partial charge in [0.25, 0.3) is 0 Å². The zero-order chi connectivity index (χ0) is 13.9. The van der Waals surface area contributed by atoms with Crippen LogP contribution in [-0.2, 0) is 6.54 Å². The summed E-state index contributed by atoms with van der Waals surface area (Å²) in [6, 6.07) is 14.8. The van der Waals surface area contributed by atoms with Gasteiger partial charge in [0, 0.05) is 19.2 Å². The second kappa shape index (κ2) is 5.63. The number of hydrogen-bond acceptors (Lipinski definition) is 2. The molecule has 3 heteroatoms. The molecular weight excluding hydrogens is 253 g/mol. The van der Waals surface area contributed by atoms with Crippen LogP contribution in [0.1, 0.15) is 23.5 Å². The van der Waals surface area contributed by atoms with Crippen LogP contribution >= 0.6 is 0 Å². The van der Waals surface area contributed by atoms with Crippen molar-refractivity contribution in [3.8, 4) is 5.75 Å². The molecule has 1 N–H and O–H groups in total. The van der Waals surface area contributed by atoms with Gasteiger partial charge in [-0.25, -0.2) is 4.39 Å². The maximum absolute atomic E-state index is 13.3. The molecule has 0 aliphatic carbocycles. The number of phenols is 1. The number of rotatable bonds is 3. The molecule has 0 saturated carbocycles. The van der Waals surface area contributed by atoms with Crippen molar-refractivity contribution in [3.05, 3.63) is 65.5 Å². The topological polar surface area (TPSA) is 23.5 Å². The van der Waals surface area contributed by atoms with E-state index in [9.17, 15) is 9.50 Å². The highest BCUT2D eigenvalue weighted by atomic mass is 19.1. The lowest BCUT2D eigenvalue weighted by atomic mass is 9.99. The molecule has 3 rings (SSSR count). The minimum Gasteiger partial charge on any atom is -0.508 e. The van der Waals surface area contributed by atoms with E-state index in [0.29, 0.717) is 12.5 Å². The second-order valence-corrected chi connectivity index (χ2v) is 5.45. The maximum atomic E-state index is 13.3. The summed E-state index contributed by atoms with van der Waals surface area (Å²) in [6.45, 7) is 2.69. The molecule has 1 atom stereocenters. The van der Waals surface area contributed by atoms with Gasteiger partial charge in [-0.15, -0.1) is 0 Å². The first-order valence-electron chi connectivity index (χ1n) is 6.96. The third kappa shape index (κ3) is 2.99. The van der Waals surface area contributed by atoms with Crippen LogP contribution in [0.3, 0.4) is 0 Å². The highest BCUT2D eigenvalue weighted by molar-refractivity contribution is 5.28. The van der Waals surface area contributed by atoms with Gasteiger partial charge in [-0.3, -0.25) is 4.90 Å². The maximum Gasteiger partial charge on any atom is 0.127 e. The van der Waals surface area contributed by atoms with Crippen LogP contribution in [0.2, 0.25) is 0 Å². The lowest BCUT2D eigenvalue weighted by Gasteiger charge is -2.16. The second-order valence-electron chi connectivity index (χ2n) is 5.45. The van der Waals surface area contributed by atoms with Gasteiger partial charge in [0.2, 0.25) is 0 Å². The molecule has 0 aromatic heterocycles. The third-order valence-electron chi connectivity index (χ3n) is 3.89. The zero-order valence-electron chi connectivity index (χ0n) is 11.3. The van der Waals surface area contributed by atoms with Crippen LogP contribution < -0.4 is 0 Å². The van der Waals surface area contributed by atoms with Crippen molar-refractivity contribution in [2.24, 2.45) is 0 Å². The zero-order valence-corrected chi connectivity index (χ0v) is 11.3. The predicted octanol–water partition coefficient (Wildman–Crippen LogP) is 3.52. The van der Waals surface area contributed by atoms with Gasteiger partial charge >= 0.3 is 0 Å². The molecule has 0 bridgehead atoms. The smallest absolute Gasteiger partial charge is 0.127 e. The Kier molecular flexibility index (Phi) is 3.70. The van der Waals surface area contributed by atoms with Gasteiger partial charge < -0.3 is 5.11 Å². The molecule has 1 aliphatic heterocycles. The van der Waals surface area contributed by atoms with Crippen LogP contribution in [-0.4, -0.2) is 23.1 Å². The van der Waals surface area contributed by atoms with E-state index in [0.717, 1.165) is 31.1 Å². The fourth-order valence-corrected chi connectivity index (χ4v) is 2.96. The normalized spacial score (nSPS) is 19.4. The summed E-state index contributed by atoms with van der Waals surface area (Å²) in [4.78, 5) is 2.31. The quantitative estimate of drug-likeness (QED) is 0.923. The van der Waals surface area contributed by atoms with Gasteiger partial charge in [-0.05, 0) is 42.1 Å². The van der Waals surface area contributed by atoms with Gasteiger partial charge in [0.15, 0.2) is 0 Å². The molecule has 1 saturated heterocycles. The average molecular weight is 271 g/mol. The summed E-state index contributed by atoms with van der Waals surface area (Å²) < 4.78 is 13.3. The van der Waals surface area contributed by atoms with Crippen molar-refractivity contribution in [2.45, 2.75) is 18.9 Å². The molecule has 1 unspecified atom stereocenters. The summed E-state index contributed by atoms with van der Waals surface area (Å²) in [5.41, 5.74) is 2.20. The van der Waals surface area contributed by atoms with Crippen molar-refractivity contribution in [3.63, 3.8) is 0 Å². The number of hydrogen-bond donors (Lipinski definition) is 1. The van der Waals surface area contributed by atoms with Gasteiger partial charge in [-0.1, -0.05) is 30.3 Å². The van der Waals surface area contributed by atoms with Crippen molar-refractivity contribution >= 4 is 0 Å². The lowest BCUT2D eigenvalue weighted by molar-refractivity contribution is 0.325. The monoisotopic (exact) mass is 271 g/mol. The van der Waals surface area contributed by atoms with E-state index in [4.69, 9.17) is 0 Å². The summed E-state index contributed by atoms with van der Waals surface area (Å²) >= 11 is 0. The fraction of sp³-hybridized carbons (Fsp3) is 0.294. The van der Waals surface area contributed by atoms with Crippen molar-refractivity contribution in [1.29, 1.82) is 0 Å². The van der Waals surface area contributed by atoms with E-state index >= 15 is 0 Å². The number of likely N-dealkylation sites (tertiary alicyclic amines) is 1. The minimum atomic E-state index is -0.376. The Hall–Kier alpha value is -1.87. The molecular formula is C17H18FNO. The van der Waals surface area contributed by atoms with Gasteiger partial charge in [-0.2, -0.15) is 0 Å². The van der Waals surface area contributed by atoms with E-state index < -0.39 is 0 Å². The molecule has 0 amide bonds. The molecule has 2 aromatic carbocycles. The molecule has 0 spiro atoms. The first kappa shape index (κ1) is 13.1. The minimum absolute atomic E-state index is 0.00111. The third-order valence-corrected chi connectivity index (χ3v) is 3.89. The van der Waals surface area contributed by atoms with Crippen LogP contribution in [0.25, 0.3) is 0 Å². The molecule has 104 valence electrons. The number of nitrogens with zero attached hydrogens (tertiary/aromatic N) is 1. The van der Waals surface area contributed by atoms with E-state index in [2.05, 4.69) is 29.2 Å². The first-order valence-corrected chi connectivity index (χ1v) is 6.96. The van der Waals surface area contributed by atoms with E-state index in [1.165, 1.54) is 11.6 Å². The summed E-state index contributed by atoms with van der Waals surface area (Å²) in [5, 5.41) is 9.44. The molecule has 2 nitrogen and oxygen atoms in total. The van der Waals surface area contributed by atoms with Crippen LogP contribution in [0.5, 0.6) is 5.75 Å². The Bertz CT molecular complexity index is 565. The SMILES string of the molecule is Oc1cc(F)cc(CN2CCC(c3ccccc3)C2)c1. The average Bonchev–Trinajstić information content (AvgIpc) is 2.87. The number of halogens is 1. The van der Waals surface area contributed by atoms with E-state index in [1.807, 2.05) is 6.07 Å². The van der Waals surface area contributed by atoms with Crippen LogP contribution in [0.4, 0.5) is 4.39 Å². The summed E-state index contributed by atoms with van der Waals surface area (Å²) in [5.74, 6) is 0.177. The number of benzene rings is 2. The van der Waals surface area contributed by atoms with Crippen LogP contribution in [0.15, 0.2) is 48.5 Å². The van der Waals surface area contributed by atoms with E-state index in [1.54, 1.807) is 6.07 Å². The molecule has 0 radical (unpaired) electrons. The Labute approximate surface area is 118 Å². The Morgan fingerprint density at radius 1 is 1.15 bits per heavy atom. The molecule has 20 heavy (non-hydrogen) atoms. The molecule has 2 aromatic rings. The largest absolute Gasteiger partial charge is 0.508 e. The Morgan fingerprint density at radius 2 is 1.95 bits per heavy atom. The highest BCUT2D eigenvalue weighted by Crippen LogP contribution is 2.28. The van der Waals surface area contributed by atoms with Gasteiger partial charge in [0.05, 0.1) is 0 Å². The number of aromatic hydroxyl groups is 1. The predicted molar refractivity (Wildman–Crippen MR) is 77.1 cm³/mol. The lowest BCUT2D eigenvalue weighted by Crippen LogP contribution is -2.19. The van der Waals surface area contributed by atoms with Crippen molar-refractivity contribution in [2.75, 3.05) is 13.1 Å². The van der Waals surface area contributed by atoms with Crippen molar-refractivity contribution < 1.29 is 9.50 Å². The molecule has 1 fully saturated rings. The molecule has 1 aliphatic rings. The van der Waals surface area contributed by atoms with Crippen molar-refractivity contribution in [1.82, 2.24) is 4.90 Å². The first-order chi connectivity index (χ1) is 9.70. The number of phenolic OH excluding ortho intramolecular Hbond substituents is 1. The fourth-order valence-electron chi connectivity index (χ4n) is 2.96. The Balaban J connectivity index is 1.66.